The molecular formula is C19H22FIN4. The van der Waals surface area contributed by atoms with Crippen LogP contribution in [-0.2, 0) is 13.1 Å². The van der Waals surface area contributed by atoms with Crippen molar-refractivity contribution in [1.82, 2.24) is 10.6 Å². The zero-order valence-corrected chi connectivity index (χ0v) is 16.7. The third kappa shape index (κ3) is 6.70. The number of aliphatic imine (C=N–C) groups is 1. The van der Waals surface area contributed by atoms with E-state index >= 15 is 0 Å². The minimum absolute atomic E-state index is 0. The molecule has 0 heterocycles. The fraction of sp³-hybridized carbons (Fsp3) is 0.263. The molecule has 0 aliphatic carbocycles. The van der Waals surface area contributed by atoms with E-state index in [1.165, 1.54) is 11.6 Å². The first-order valence-corrected chi connectivity index (χ1v) is 7.88. The largest absolute Gasteiger partial charge is 0.357 e. The first-order chi connectivity index (χ1) is 11.6. The van der Waals surface area contributed by atoms with Crippen LogP contribution in [0.1, 0.15) is 29.2 Å². The molecule has 4 nitrogen and oxygen atoms in total. The lowest BCUT2D eigenvalue weighted by Crippen LogP contribution is -2.37. The molecule has 6 heteroatoms. The van der Waals surface area contributed by atoms with Gasteiger partial charge in [0.15, 0.2) is 5.96 Å². The van der Waals surface area contributed by atoms with Crippen molar-refractivity contribution in [2.45, 2.75) is 26.9 Å². The van der Waals surface area contributed by atoms with Crippen molar-refractivity contribution in [1.29, 1.82) is 5.26 Å². The molecule has 0 saturated heterocycles. The lowest BCUT2D eigenvalue weighted by atomic mass is 10.1. The van der Waals surface area contributed by atoms with Crippen LogP contribution in [0, 0.1) is 24.1 Å². The molecule has 25 heavy (non-hydrogen) atoms. The highest BCUT2D eigenvalue weighted by molar-refractivity contribution is 14.0. The fourth-order valence-corrected chi connectivity index (χ4v) is 2.26. The van der Waals surface area contributed by atoms with Gasteiger partial charge in [0.05, 0.1) is 18.2 Å². The van der Waals surface area contributed by atoms with Gasteiger partial charge in [-0.15, -0.1) is 24.0 Å². The van der Waals surface area contributed by atoms with E-state index in [2.05, 4.69) is 21.7 Å². The summed E-state index contributed by atoms with van der Waals surface area (Å²) in [7, 11) is 0. The number of guanidine groups is 1. The predicted molar refractivity (Wildman–Crippen MR) is 109 cm³/mol. The summed E-state index contributed by atoms with van der Waals surface area (Å²) in [6.45, 7) is 5.59. The maximum Gasteiger partial charge on any atom is 0.191 e. The van der Waals surface area contributed by atoms with Crippen molar-refractivity contribution in [2.24, 2.45) is 4.99 Å². The van der Waals surface area contributed by atoms with Gasteiger partial charge >= 0.3 is 0 Å². The van der Waals surface area contributed by atoms with E-state index in [-0.39, 0.29) is 24.0 Å². The quantitative estimate of drug-likeness (QED) is 0.411. The Morgan fingerprint density at radius 3 is 2.64 bits per heavy atom. The molecule has 0 spiro atoms. The first-order valence-electron chi connectivity index (χ1n) is 7.88. The second kappa shape index (κ2) is 10.7. The van der Waals surface area contributed by atoms with Crippen LogP contribution in [0.2, 0.25) is 0 Å². The summed E-state index contributed by atoms with van der Waals surface area (Å²) in [4.78, 5) is 4.52. The summed E-state index contributed by atoms with van der Waals surface area (Å²) in [5.74, 6) is 0.235. The number of rotatable bonds is 5. The summed E-state index contributed by atoms with van der Waals surface area (Å²) in [5.41, 5.74) is 3.13. The molecule has 0 aliphatic rings. The summed E-state index contributed by atoms with van der Waals surface area (Å²) in [6.07, 6.45) is 0. The maximum atomic E-state index is 13.9. The molecule has 0 amide bonds. The number of hydrogen-bond donors (Lipinski definition) is 2. The molecule has 0 fully saturated rings. The summed E-state index contributed by atoms with van der Waals surface area (Å²) in [5, 5.41) is 15.0. The molecule has 0 aliphatic heterocycles. The monoisotopic (exact) mass is 452 g/mol. The Hall–Kier alpha value is -2.14. The molecule has 0 saturated carbocycles. The van der Waals surface area contributed by atoms with Crippen LogP contribution in [0.4, 0.5) is 4.39 Å². The molecule has 0 unspecified atom stereocenters. The molecule has 0 aromatic heterocycles. The Bertz CT molecular complexity index is 768. The Kier molecular flexibility index (Phi) is 8.92. The van der Waals surface area contributed by atoms with Crippen molar-refractivity contribution in [3.8, 4) is 6.07 Å². The van der Waals surface area contributed by atoms with Gasteiger partial charge in [0.2, 0.25) is 0 Å². The number of halogens is 2. The summed E-state index contributed by atoms with van der Waals surface area (Å²) < 4.78 is 13.9. The van der Waals surface area contributed by atoms with E-state index in [0.29, 0.717) is 30.2 Å². The zero-order chi connectivity index (χ0) is 17.4. The van der Waals surface area contributed by atoms with Crippen molar-refractivity contribution in [2.75, 3.05) is 6.54 Å². The number of benzene rings is 2. The lowest BCUT2D eigenvalue weighted by molar-refractivity contribution is 0.604. The van der Waals surface area contributed by atoms with E-state index in [4.69, 9.17) is 5.26 Å². The predicted octanol–water partition coefficient (Wildman–Crippen LogP) is 3.88. The molecule has 2 aromatic carbocycles. The zero-order valence-electron chi connectivity index (χ0n) is 14.3. The standard InChI is InChI=1S/C19H21FN4.HI/c1-3-22-19(23-12-16-6-4-5-14(2)9-16)24-13-17-8-7-15(11-21)10-18(17)20;/h4-10H,3,12-13H2,1-2H3,(H2,22,23,24);1H. The van der Waals surface area contributed by atoms with Crippen LogP contribution in [0.3, 0.4) is 0 Å². The van der Waals surface area contributed by atoms with Gasteiger partial charge in [-0.25, -0.2) is 9.38 Å². The normalized spacial score (nSPS) is 10.6. The van der Waals surface area contributed by atoms with Crippen LogP contribution in [0.15, 0.2) is 47.5 Å². The van der Waals surface area contributed by atoms with E-state index in [0.717, 1.165) is 12.1 Å². The molecule has 0 atom stereocenters. The lowest BCUT2D eigenvalue weighted by Gasteiger charge is -2.12. The highest BCUT2D eigenvalue weighted by Crippen LogP contribution is 2.10. The maximum absolute atomic E-state index is 13.9. The Morgan fingerprint density at radius 2 is 2.00 bits per heavy atom. The average molecular weight is 452 g/mol. The molecule has 2 aromatic rings. The van der Waals surface area contributed by atoms with Crippen LogP contribution >= 0.6 is 24.0 Å². The summed E-state index contributed by atoms with van der Waals surface area (Å²) in [6, 6.07) is 14.6. The number of aryl methyl sites for hydroxylation is 1. The van der Waals surface area contributed by atoms with Crippen molar-refractivity contribution in [3.05, 3.63) is 70.5 Å². The van der Waals surface area contributed by atoms with Gasteiger partial charge in [-0.1, -0.05) is 35.9 Å². The van der Waals surface area contributed by atoms with Crippen LogP contribution in [0.5, 0.6) is 0 Å². The van der Waals surface area contributed by atoms with Gasteiger partial charge in [-0.2, -0.15) is 5.26 Å². The number of hydrogen-bond acceptors (Lipinski definition) is 2. The highest BCUT2D eigenvalue weighted by atomic mass is 127. The average Bonchev–Trinajstić information content (AvgIpc) is 2.58. The van der Waals surface area contributed by atoms with Crippen LogP contribution < -0.4 is 10.6 Å². The third-order valence-corrected chi connectivity index (χ3v) is 3.47. The molecule has 0 radical (unpaired) electrons. The smallest absolute Gasteiger partial charge is 0.191 e. The van der Waals surface area contributed by atoms with Crippen molar-refractivity contribution in [3.63, 3.8) is 0 Å². The topological polar surface area (TPSA) is 60.2 Å². The number of nitrogens with one attached hydrogen (secondary N) is 2. The highest BCUT2D eigenvalue weighted by Gasteiger charge is 2.05. The van der Waals surface area contributed by atoms with E-state index in [1.807, 2.05) is 38.1 Å². The van der Waals surface area contributed by atoms with E-state index in [9.17, 15) is 4.39 Å². The van der Waals surface area contributed by atoms with Gasteiger partial charge in [0.1, 0.15) is 5.82 Å². The number of nitriles is 1. The fourth-order valence-electron chi connectivity index (χ4n) is 2.26. The molecule has 132 valence electrons. The first kappa shape index (κ1) is 20.9. The van der Waals surface area contributed by atoms with Crippen LogP contribution in [0.25, 0.3) is 0 Å². The second-order valence-corrected chi connectivity index (χ2v) is 5.46. The Morgan fingerprint density at radius 1 is 1.20 bits per heavy atom. The number of nitrogens with zero attached hydrogens (tertiary/aromatic N) is 2. The van der Waals surface area contributed by atoms with Gasteiger partial charge < -0.3 is 10.6 Å². The van der Waals surface area contributed by atoms with Gasteiger partial charge in [-0.3, -0.25) is 0 Å². The second-order valence-electron chi connectivity index (χ2n) is 5.46. The Labute approximate surface area is 165 Å². The molecule has 2 N–H and O–H groups in total. The van der Waals surface area contributed by atoms with Crippen LogP contribution in [-0.4, -0.2) is 12.5 Å². The van der Waals surface area contributed by atoms with Crippen molar-refractivity contribution < 1.29 is 4.39 Å². The van der Waals surface area contributed by atoms with E-state index in [1.54, 1.807) is 12.1 Å². The SMILES string of the molecule is CCNC(=NCc1cccc(C)c1)NCc1ccc(C#N)cc1F.I. The molecule has 0 bridgehead atoms. The third-order valence-electron chi connectivity index (χ3n) is 3.47. The molecule has 2 rings (SSSR count). The van der Waals surface area contributed by atoms with Gasteiger partial charge in [0, 0.05) is 18.7 Å². The van der Waals surface area contributed by atoms with Gasteiger partial charge in [-0.05, 0) is 31.5 Å². The Balaban J connectivity index is 0.00000312. The minimum Gasteiger partial charge on any atom is -0.357 e. The molecular weight excluding hydrogens is 430 g/mol. The summed E-state index contributed by atoms with van der Waals surface area (Å²) >= 11 is 0. The van der Waals surface area contributed by atoms with Crippen molar-refractivity contribution >= 4 is 29.9 Å². The van der Waals surface area contributed by atoms with E-state index < -0.39 is 5.82 Å². The van der Waals surface area contributed by atoms with Gasteiger partial charge in [0.25, 0.3) is 0 Å². The minimum atomic E-state index is -0.393.